The van der Waals surface area contributed by atoms with Crippen LogP contribution >= 0.6 is 0 Å². The number of fused-ring (bicyclic) bond motifs is 1. The van der Waals surface area contributed by atoms with E-state index in [0.717, 1.165) is 12.8 Å². The normalized spacial score (nSPS) is 18.2. The Balaban J connectivity index is 1.74. The molecule has 0 saturated carbocycles. The van der Waals surface area contributed by atoms with Gasteiger partial charge in [0.25, 0.3) is 5.69 Å². The van der Waals surface area contributed by atoms with Gasteiger partial charge in [0.2, 0.25) is 0 Å². The van der Waals surface area contributed by atoms with E-state index < -0.39 is 27.4 Å². The van der Waals surface area contributed by atoms with E-state index in [4.69, 9.17) is 4.74 Å². The monoisotopic (exact) mass is 406 g/mol. The summed E-state index contributed by atoms with van der Waals surface area (Å²) < 4.78 is 18.2. The van der Waals surface area contributed by atoms with Crippen molar-refractivity contribution >= 4 is 33.6 Å². The summed E-state index contributed by atoms with van der Waals surface area (Å²) in [5, 5.41) is 11.1. The number of nitrogens with zero attached hydrogens (tertiary/aromatic N) is 4. The fourth-order valence-electron chi connectivity index (χ4n) is 3.04. The molecule has 3 rings (SSSR count). The van der Waals surface area contributed by atoms with E-state index in [1.807, 2.05) is 20.8 Å². The minimum atomic E-state index is -1.46. The minimum Gasteiger partial charge on any atom is -0.444 e. The number of carbonyl (C=O) groups excluding carboxylic acids is 1. The number of non-ortho nitro benzene ring substituents is 1. The van der Waals surface area contributed by atoms with E-state index >= 15 is 0 Å². The third-order valence-corrected chi connectivity index (χ3v) is 5.65. The molecule has 150 valence electrons. The van der Waals surface area contributed by atoms with E-state index in [0.29, 0.717) is 17.6 Å². The van der Waals surface area contributed by atoms with Crippen LogP contribution in [0, 0.1) is 10.1 Å². The highest BCUT2D eigenvalue weighted by Crippen LogP contribution is 2.23. The summed E-state index contributed by atoms with van der Waals surface area (Å²) in [6.07, 6.45) is 2.55. The summed E-state index contributed by atoms with van der Waals surface area (Å²) in [4.78, 5) is 32.8. The number of amides is 1. The Morgan fingerprint density at radius 3 is 2.82 bits per heavy atom. The molecule has 9 nitrogen and oxygen atoms in total. The third kappa shape index (κ3) is 4.61. The average molecular weight is 406 g/mol. The van der Waals surface area contributed by atoms with E-state index in [1.54, 1.807) is 4.90 Å². The average Bonchev–Trinajstić information content (AvgIpc) is 3.07. The van der Waals surface area contributed by atoms with E-state index in [-0.39, 0.29) is 22.5 Å². The Morgan fingerprint density at radius 2 is 2.14 bits per heavy atom. The second kappa shape index (κ2) is 7.78. The molecule has 2 aromatic rings. The van der Waals surface area contributed by atoms with Crippen molar-refractivity contribution in [3.63, 3.8) is 0 Å². The number of rotatable bonds is 4. The van der Waals surface area contributed by atoms with Crippen LogP contribution in [-0.4, -0.2) is 54.0 Å². The van der Waals surface area contributed by atoms with Crippen molar-refractivity contribution in [2.45, 2.75) is 50.3 Å². The van der Waals surface area contributed by atoms with Gasteiger partial charge in [-0.25, -0.2) is 9.78 Å². The van der Waals surface area contributed by atoms with Crippen LogP contribution in [0.3, 0.4) is 0 Å². The maximum absolute atomic E-state index is 12.8. The van der Waals surface area contributed by atoms with Gasteiger partial charge in [0.1, 0.15) is 10.6 Å². The number of likely N-dealkylation sites (tertiary alicyclic amines) is 1. The Labute approximate surface area is 164 Å². The first kappa shape index (κ1) is 20.1. The summed E-state index contributed by atoms with van der Waals surface area (Å²) in [5.41, 5.74) is 0.142. The second-order valence-corrected chi connectivity index (χ2v) is 9.06. The molecular weight excluding hydrogens is 384 g/mol. The minimum absolute atomic E-state index is 0.0744. The molecule has 0 spiro atoms. The highest BCUT2D eigenvalue weighted by Gasteiger charge is 2.33. The highest BCUT2D eigenvalue weighted by molar-refractivity contribution is 7.85. The molecule has 2 atom stereocenters. The Hall–Kier alpha value is -2.62. The summed E-state index contributed by atoms with van der Waals surface area (Å²) >= 11 is 0. The molecule has 2 heterocycles. The van der Waals surface area contributed by atoms with Gasteiger partial charge in [-0.2, -0.15) is 0 Å². The van der Waals surface area contributed by atoms with Crippen LogP contribution in [0.25, 0.3) is 11.0 Å². The molecule has 0 unspecified atom stereocenters. The zero-order valence-electron chi connectivity index (χ0n) is 16.0. The van der Waals surface area contributed by atoms with E-state index in [1.165, 1.54) is 24.4 Å². The molecular formula is C18H22N4O5S. The highest BCUT2D eigenvalue weighted by atomic mass is 32.2. The molecule has 1 amide bonds. The van der Waals surface area contributed by atoms with E-state index in [9.17, 15) is 19.1 Å². The molecule has 0 N–H and O–H groups in total. The number of carbonyl (C=O) groups is 1. The van der Waals surface area contributed by atoms with Gasteiger partial charge in [0, 0.05) is 24.7 Å². The first-order valence-electron chi connectivity index (χ1n) is 8.93. The molecule has 1 saturated heterocycles. The van der Waals surface area contributed by atoms with Gasteiger partial charge >= 0.3 is 6.09 Å². The molecule has 0 aliphatic carbocycles. The Bertz CT molecular complexity index is 943. The Kier molecular flexibility index (Phi) is 5.59. The fourth-order valence-corrected chi connectivity index (χ4v) is 4.27. The molecule has 0 bridgehead atoms. The lowest BCUT2D eigenvalue weighted by atomic mass is 10.2. The first-order chi connectivity index (χ1) is 13.1. The number of nitro benzene ring substituents is 1. The largest absolute Gasteiger partial charge is 0.444 e. The maximum atomic E-state index is 12.8. The number of aromatic nitrogens is 2. The van der Waals surface area contributed by atoms with Crippen LogP contribution in [0.15, 0.2) is 29.4 Å². The van der Waals surface area contributed by atoms with Crippen molar-refractivity contribution in [3.05, 3.63) is 34.5 Å². The van der Waals surface area contributed by atoms with Crippen LogP contribution in [0.1, 0.15) is 33.6 Å². The van der Waals surface area contributed by atoms with Crippen molar-refractivity contribution in [2.24, 2.45) is 0 Å². The van der Waals surface area contributed by atoms with Crippen LogP contribution in [0.2, 0.25) is 0 Å². The van der Waals surface area contributed by atoms with Gasteiger partial charge in [-0.05, 0) is 39.7 Å². The second-order valence-electron chi connectivity index (χ2n) is 7.62. The fraction of sp³-hybridized carbons (Fsp3) is 0.500. The maximum Gasteiger partial charge on any atom is 0.410 e. The van der Waals surface area contributed by atoms with Gasteiger partial charge in [-0.3, -0.25) is 19.3 Å². The Morgan fingerprint density at radius 1 is 1.39 bits per heavy atom. The van der Waals surface area contributed by atoms with Gasteiger partial charge in [-0.1, -0.05) is 0 Å². The lowest BCUT2D eigenvalue weighted by molar-refractivity contribution is -0.384. The van der Waals surface area contributed by atoms with Crippen LogP contribution in [0.4, 0.5) is 10.5 Å². The first-order valence-corrected chi connectivity index (χ1v) is 10.2. The molecule has 1 aliphatic heterocycles. The molecule has 1 aromatic carbocycles. The molecule has 10 heteroatoms. The van der Waals surface area contributed by atoms with Crippen molar-refractivity contribution in [1.29, 1.82) is 0 Å². The quantitative estimate of drug-likeness (QED) is 0.566. The standard InChI is InChI=1S/C18H22N4O5S/c1-18(2,3)27-17(23)21-8-4-5-13(21)11-28(26)16-10-19-15-9-12(22(24)25)6-7-14(15)20-16/h6-7,9-10,13H,4-5,8,11H2,1-3H3/t13-,28-/m0/s1. The summed E-state index contributed by atoms with van der Waals surface area (Å²) in [6.45, 7) is 6.00. The molecule has 28 heavy (non-hydrogen) atoms. The number of ether oxygens (including phenoxy) is 1. The molecule has 1 aliphatic rings. The SMILES string of the molecule is CC(C)(C)OC(=O)N1CCC[C@H]1C[S@](=O)c1cnc2cc([N+](=O)[O-])ccc2n1. The lowest BCUT2D eigenvalue weighted by Crippen LogP contribution is -2.42. The smallest absolute Gasteiger partial charge is 0.410 e. The third-order valence-electron chi connectivity index (χ3n) is 4.30. The number of hydrogen-bond donors (Lipinski definition) is 0. The number of hydrogen-bond acceptors (Lipinski definition) is 7. The number of benzene rings is 1. The zero-order chi connectivity index (χ0) is 20.5. The number of nitro groups is 1. The van der Waals surface area contributed by atoms with Crippen molar-refractivity contribution in [2.75, 3.05) is 12.3 Å². The molecule has 1 fully saturated rings. The summed E-state index contributed by atoms with van der Waals surface area (Å²) in [6, 6.07) is 3.97. The van der Waals surface area contributed by atoms with Gasteiger partial charge in [-0.15, -0.1) is 0 Å². The summed E-state index contributed by atoms with van der Waals surface area (Å²) in [7, 11) is -1.46. The van der Waals surface area contributed by atoms with Crippen LogP contribution in [-0.2, 0) is 15.5 Å². The van der Waals surface area contributed by atoms with Crippen molar-refractivity contribution < 1.29 is 18.7 Å². The lowest BCUT2D eigenvalue weighted by Gasteiger charge is -2.28. The molecule has 0 radical (unpaired) electrons. The van der Waals surface area contributed by atoms with Crippen LogP contribution < -0.4 is 0 Å². The van der Waals surface area contributed by atoms with Crippen LogP contribution in [0.5, 0.6) is 0 Å². The zero-order valence-corrected chi connectivity index (χ0v) is 16.8. The van der Waals surface area contributed by atoms with Crippen molar-refractivity contribution in [1.82, 2.24) is 14.9 Å². The van der Waals surface area contributed by atoms with Crippen molar-refractivity contribution in [3.8, 4) is 0 Å². The summed E-state index contributed by atoms with van der Waals surface area (Å²) in [5.74, 6) is 0.242. The van der Waals surface area contributed by atoms with Gasteiger partial charge in [0.05, 0.1) is 38.7 Å². The van der Waals surface area contributed by atoms with E-state index in [2.05, 4.69) is 9.97 Å². The van der Waals surface area contributed by atoms with Gasteiger partial charge < -0.3 is 9.64 Å². The molecule has 1 aromatic heterocycles. The van der Waals surface area contributed by atoms with Gasteiger partial charge in [0.15, 0.2) is 0 Å². The predicted molar refractivity (Wildman–Crippen MR) is 103 cm³/mol. The topological polar surface area (TPSA) is 116 Å². The predicted octanol–water partition coefficient (Wildman–Crippen LogP) is 3.05.